The maximum atomic E-state index is 3.75. The molecule has 0 bridgehead atoms. The zero-order chi connectivity index (χ0) is 4.24. The van der Waals surface area contributed by atoms with Crippen molar-refractivity contribution in [2.75, 3.05) is 0 Å². The van der Waals surface area contributed by atoms with Gasteiger partial charge >= 0.3 is 23.1 Å². The van der Waals surface area contributed by atoms with E-state index in [9.17, 15) is 0 Å². The smallest absolute Gasteiger partial charge is 1.00 e. The standard InChI is InChI=1S/C5H4N.ClH.FH.Mg/c1-2-4-6-5-3-1;;;/h2-5H;2*1H;/q-1;;;+2/p-1. The van der Waals surface area contributed by atoms with Gasteiger partial charge in [0, 0.05) is 0 Å². The first-order valence-electron chi connectivity index (χ1n) is 1.76. The minimum absolute atomic E-state index is 0. The van der Waals surface area contributed by atoms with Crippen LogP contribution in [0.15, 0.2) is 24.5 Å². The van der Waals surface area contributed by atoms with E-state index in [0.29, 0.717) is 0 Å². The summed E-state index contributed by atoms with van der Waals surface area (Å²) >= 11 is 0. The Balaban J connectivity index is -0.000000120. The number of hydrogen-bond donors (Lipinski definition) is 0. The molecule has 1 rings (SSSR count). The van der Waals surface area contributed by atoms with E-state index < -0.39 is 0 Å². The Morgan fingerprint density at radius 2 is 1.56 bits per heavy atom. The van der Waals surface area contributed by atoms with Gasteiger partial charge in [-0.25, -0.2) is 0 Å². The topological polar surface area (TPSA) is 12.9 Å². The fraction of sp³-hybridized carbons (Fsp3) is 0. The molecular formula is C5H5ClFMgN. The minimum atomic E-state index is 0. The van der Waals surface area contributed by atoms with Crippen LogP contribution in [0.1, 0.15) is 0 Å². The molecule has 1 aromatic heterocycles. The summed E-state index contributed by atoms with van der Waals surface area (Å²) in [5.74, 6) is 0. The summed E-state index contributed by atoms with van der Waals surface area (Å²) in [6, 6.07) is 6.36. The number of pyridine rings is 1. The molecule has 0 aliphatic rings. The van der Waals surface area contributed by atoms with Crippen molar-refractivity contribution in [3.05, 3.63) is 30.6 Å². The van der Waals surface area contributed by atoms with Crippen LogP contribution in [-0.4, -0.2) is 28.0 Å². The molecule has 0 N–H and O–H groups in total. The molecular weight excluding hydrogens is 153 g/mol. The SMILES string of the molecule is Cl.[F-].[Mg+2].[c-]1ccncc1. The van der Waals surface area contributed by atoms with Gasteiger partial charge in [0.2, 0.25) is 0 Å². The fourth-order valence-corrected chi connectivity index (χ4v) is 0.277. The Morgan fingerprint density at radius 3 is 1.67 bits per heavy atom. The van der Waals surface area contributed by atoms with Gasteiger partial charge in [0.15, 0.2) is 0 Å². The number of hydrogen-bond acceptors (Lipinski definition) is 1. The van der Waals surface area contributed by atoms with Crippen LogP contribution >= 0.6 is 12.4 Å². The molecule has 1 heterocycles. The Bertz CT molecular complexity index is 88.9. The fourth-order valence-electron chi connectivity index (χ4n) is 0.277. The maximum Gasteiger partial charge on any atom is 2.00 e. The monoisotopic (exact) mass is 157 g/mol. The van der Waals surface area contributed by atoms with Gasteiger partial charge in [-0.2, -0.15) is 18.2 Å². The molecule has 0 amide bonds. The van der Waals surface area contributed by atoms with E-state index >= 15 is 0 Å². The van der Waals surface area contributed by atoms with Crippen LogP contribution in [0.4, 0.5) is 0 Å². The summed E-state index contributed by atoms with van der Waals surface area (Å²) in [5, 5.41) is 0. The molecule has 46 valence electrons. The molecule has 0 aliphatic carbocycles. The zero-order valence-electron chi connectivity index (χ0n) is 4.75. The molecule has 0 saturated carbocycles. The second-order valence-corrected chi connectivity index (χ2v) is 0.947. The Kier molecular flexibility index (Phi) is 19.6. The number of halogens is 2. The predicted octanol–water partition coefficient (Wildman–Crippen LogP) is -2.07. The Labute approximate surface area is 75.8 Å². The molecule has 1 aromatic rings. The van der Waals surface area contributed by atoms with E-state index in [-0.39, 0.29) is 40.2 Å². The number of aromatic nitrogens is 1. The third-order valence-corrected chi connectivity index (χ3v) is 0.514. The van der Waals surface area contributed by atoms with Crippen molar-refractivity contribution in [3.8, 4) is 0 Å². The van der Waals surface area contributed by atoms with Crippen molar-refractivity contribution < 1.29 is 4.70 Å². The molecule has 1 nitrogen and oxygen atoms in total. The van der Waals surface area contributed by atoms with Crippen LogP contribution in [0.2, 0.25) is 0 Å². The van der Waals surface area contributed by atoms with Gasteiger partial charge < -0.3 is 9.69 Å². The van der Waals surface area contributed by atoms with Crippen LogP contribution in [0.25, 0.3) is 0 Å². The first kappa shape index (κ1) is 16.1. The van der Waals surface area contributed by atoms with Crippen molar-refractivity contribution in [3.63, 3.8) is 0 Å². The first-order valence-corrected chi connectivity index (χ1v) is 1.76. The zero-order valence-corrected chi connectivity index (χ0v) is 6.98. The summed E-state index contributed by atoms with van der Waals surface area (Å²) in [4.78, 5) is 3.75. The van der Waals surface area contributed by atoms with Crippen molar-refractivity contribution in [1.29, 1.82) is 0 Å². The van der Waals surface area contributed by atoms with Crippen molar-refractivity contribution in [2.24, 2.45) is 0 Å². The van der Waals surface area contributed by atoms with Gasteiger partial charge in [-0.05, 0) is 0 Å². The third-order valence-electron chi connectivity index (χ3n) is 0.514. The van der Waals surface area contributed by atoms with Gasteiger partial charge in [0.25, 0.3) is 0 Å². The van der Waals surface area contributed by atoms with Crippen LogP contribution in [-0.2, 0) is 0 Å². The predicted molar refractivity (Wildman–Crippen MR) is 36.1 cm³/mol. The minimum Gasteiger partial charge on any atom is -1.00 e. The average Bonchev–Trinajstić information content (AvgIpc) is 1.72. The molecule has 0 aliphatic heterocycles. The van der Waals surface area contributed by atoms with E-state index in [1.165, 1.54) is 0 Å². The Morgan fingerprint density at radius 1 is 1.11 bits per heavy atom. The summed E-state index contributed by atoms with van der Waals surface area (Å²) in [5.41, 5.74) is 0. The van der Waals surface area contributed by atoms with Gasteiger partial charge in [-0.1, -0.05) is 12.4 Å². The average molecular weight is 158 g/mol. The summed E-state index contributed by atoms with van der Waals surface area (Å²) in [6.45, 7) is 0. The summed E-state index contributed by atoms with van der Waals surface area (Å²) in [7, 11) is 0. The van der Waals surface area contributed by atoms with Crippen molar-refractivity contribution >= 4 is 35.5 Å². The molecule has 0 fully saturated rings. The van der Waals surface area contributed by atoms with Crippen LogP contribution in [0.3, 0.4) is 0 Å². The first-order chi connectivity index (χ1) is 3.00. The van der Waals surface area contributed by atoms with Gasteiger partial charge in [-0.3, -0.25) is 0 Å². The van der Waals surface area contributed by atoms with E-state index in [0.717, 1.165) is 0 Å². The largest absolute Gasteiger partial charge is 2.00 e. The Hall–Kier alpha value is 0.136. The molecule has 0 atom stereocenters. The molecule has 0 spiro atoms. The van der Waals surface area contributed by atoms with E-state index in [4.69, 9.17) is 0 Å². The van der Waals surface area contributed by atoms with Crippen molar-refractivity contribution in [2.45, 2.75) is 0 Å². The summed E-state index contributed by atoms with van der Waals surface area (Å²) < 4.78 is 0. The quantitative estimate of drug-likeness (QED) is 0.312. The summed E-state index contributed by atoms with van der Waals surface area (Å²) in [6.07, 6.45) is 3.39. The van der Waals surface area contributed by atoms with Gasteiger partial charge in [0.1, 0.15) is 0 Å². The van der Waals surface area contributed by atoms with E-state index in [1.54, 1.807) is 24.5 Å². The molecule has 0 aromatic carbocycles. The number of nitrogens with zero attached hydrogens (tertiary/aromatic N) is 1. The van der Waals surface area contributed by atoms with E-state index in [2.05, 4.69) is 11.1 Å². The van der Waals surface area contributed by atoms with Crippen LogP contribution in [0, 0.1) is 6.07 Å². The second-order valence-electron chi connectivity index (χ2n) is 0.947. The third kappa shape index (κ3) is 8.14. The molecule has 0 saturated heterocycles. The van der Waals surface area contributed by atoms with Crippen LogP contribution in [0.5, 0.6) is 0 Å². The molecule has 0 unspecified atom stereocenters. The van der Waals surface area contributed by atoms with E-state index in [1.807, 2.05) is 0 Å². The number of rotatable bonds is 0. The second kappa shape index (κ2) is 11.0. The van der Waals surface area contributed by atoms with Crippen molar-refractivity contribution in [1.82, 2.24) is 4.98 Å². The van der Waals surface area contributed by atoms with Gasteiger partial charge in [0.05, 0.1) is 0 Å². The molecule has 9 heavy (non-hydrogen) atoms. The molecule has 0 radical (unpaired) electrons. The maximum absolute atomic E-state index is 3.75. The molecule has 4 heteroatoms. The van der Waals surface area contributed by atoms with Gasteiger partial charge in [-0.15, -0.1) is 12.4 Å². The van der Waals surface area contributed by atoms with Crippen LogP contribution < -0.4 is 4.70 Å². The normalized spacial score (nSPS) is 5.33.